The van der Waals surface area contributed by atoms with E-state index in [1.807, 2.05) is 36.2 Å². The molecule has 1 heterocycles. The SMILES string of the molecule is CCCC(CCC)(Sc1ccc(Cl)cc1)c1cnc(Cl)c(Cl)c1. The Hall–Kier alpha value is -0.410. The smallest absolute Gasteiger partial charge is 0.147 e. The minimum Gasteiger partial charge on any atom is -0.243 e. The molecular formula is C18H20Cl3NS. The summed E-state index contributed by atoms with van der Waals surface area (Å²) in [5.74, 6) is 0. The van der Waals surface area contributed by atoms with E-state index in [4.69, 9.17) is 34.8 Å². The second kappa shape index (κ2) is 8.62. The Balaban J connectivity index is 2.44. The standard InChI is InChI=1S/C18H20Cl3NS/c1-3-9-18(10-4-2,13-11-16(20)17(21)22-12-13)23-15-7-5-14(19)6-8-15/h5-8,11-12H,3-4,9-10H2,1-2H3. The molecule has 2 rings (SSSR count). The second-order valence-electron chi connectivity index (χ2n) is 5.55. The van der Waals surface area contributed by atoms with Gasteiger partial charge in [-0.1, -0.05) is 61.5 Å². The highest BCUT2D eigenvalue weighted by molar-refractivity contribution is 8.00. The lowest BCUT2D eigenvalue weighted by Gasteiger charge is -2.33. The molecule has 124 valence electrons. The van der Waals surface area contributed by atoms with Crippen LogP contribution in [-0.4, -0.2) is 4.98 Å². The van der Waals surface area contributed by atoms with Crippen molar-refractivity contribution in [2.45, 2.75) is 49.2 Å². The van der Waals surface area contributed by atoms with Gasteiger partial charge in [0, 0.05) is 20.9 Å². The highest BCUT2D eigenvalue weighted by Gasteiger charge is 2.32. The van der Waals surface area contributed by atoms with Crippen LogP contribution < -0.4 is 0 Å². The molecule has 0 aliphatic rings. The number of rotatable bonds is 7. The van der Waals surface area contributed by atoms with Crippen molar-refractivity contribution in [1.82, 2.24) is 4.98 Å². The molecule has 0 bridgehead atoms. The molecule has 1 nitrogen and oxygen atoms in total. The quantitative estimate of drug-likeness (QED) is 0.357. The highest BCUT2D eigenvalue weighted by Crippen LogP contribution is 2.49. The summed E-state index contributed by atoms with van der Waals surface area (Å²) < 4.78 is -0.0570. The molecule has 0 aliphatic heterocycles. The molecule has 1 aromatic heterocycles. The Morgan fingerprint density at radius 3 is 2.13 bits per heavy atom. The second-order valence-corrected chi connectivity index (χ2v) is 8.21. The number of aromatic nitrogens is 1. The molecule has 23 heavy (non-hydrogen) atoms. The van der Waals surface area contributed by atoms with Gasteiger partial charge in [0.25, 0.3) is 0 Å². The minimum atomic E-state index is -0.0570. The van der Waals surface area contributed by atoms with E-state index in [1.54, 1.807) is 0 Å². The Kier molecular flexibility index (Phi) is 7.09. The van der Waals surface area contributed by atoms with E-state index in [1.165, 1.54) is 4.90 Å². The summed E-state index contributed by atoms with van der Waals surface area (Å²) in [5.41, 5.74) is 1.13. The van der Waals surface area contributed by atoms with Crippen LogP contribution in [-0.2, 0) is 4.75 Å². The number of benzene rings is 1. The summed E-state index contributed by atoms with van der Waals surface area (Å²) in [6.45, 7) is 4.41. The third-order valence-corrected chi connectivity index (χ3v) is 6.24. The fraction of sp³-hybridized carbons (Fsp3) is 0.389. The van der Waals surface area contributed by atoms with Gasteiger partial charge in [0.2, 0.25) is 0 Å². The molecule has 0 saturated heterocycles. The van der Waals surface area contributed by atoms with Crippen LogP contribution in [0.3, 0.4) is 0 Å². The maximum atomic E-state index is 6.22. The maximum absolute atomic E-state index is 6.22. The van der Waals surface area contributed by atoms with Gasteiger partial charge in [-0.3, -0.25) is 0 Å². The van der Waals surface area contributed by atoms with Gasteiger partial charge in [-0.2, -0.15) is 0 Å². The molecule has 0 N–H and O–H groups in total. The van der Waals surface area contributed by atoms with E-state index in [-0.39, 0.29) is 4.75 Å². The van der Waals surface area contributed by atoms with Gasteiger partial charge in [-0.25, -0.2) is 4.98 Å². The van der Waals surface area contributed by atoms with Crippen LogP contribution in [0, 0.1) is 0 Å². The van der Waals surface area contributed by atoms with Crippen molar-refractivity contribution in [3.05, 3.63) is 57.3 Å². The van der Waals surface area contributed by atoms with E-state index >= 15 is 0 Å². The van der Waals surface area contributed by atoms with E-state index in [0.717, 1.165) is 36.3 Å². The normalized spacial score (nSPS) is 11.7. The number of nitrogens with zero attached hydrogens (tertiary/aromatic N) is 1. The fourth-order valence-electron chi connectivity index (χ4n) is 2.78. The Morgan fingerprint density at radius 1 is 1.00 bits per heavy atom. The molecule has 2 aromatic rings. The summed E-state index contributed by atoms with van der Waals surface area (Å²) >= 11 is 20.1. The van der Waals surface area contributed by atoms with Gasteiger partial charge in [0.05, 0.1) is 5.02 Å². The first-order chi connectivity index (χ1) is 11.0. The summed E-state index contributed by atoms with van der Waals surface area (Å²) in [4.78, 5) is 5.46. The monoisotopic (exact) mass is 387 g/mol. The van der Waals surface area contributed by atoms with Gasteiger partial charge in [-0.05, 0) is 48.7 Å². The van der Waals surface area contributed by atoms with E-state index in [2.05, 4.69) is 31.0 Å². The van der Waals surface area contributed by atoms with Gasteiger partial charge in [0.1, 0.15) is 5.15 Å². The van der Waals surface area contributed by atoms with Crippen molar-refractivity contribution >= 4 is 46.6 Å². The third kappa shape index (κ3) is 4.79. The molecule has 0 atom stereocenters. The van der Waals surface area contributed by atoms with Crippen molar-refractivity contribution in [1.29, 1.82) is 0 Å². The molecule has 0 amide bonds. The first kappa shape index (κ1) is 18.9. The van der Waals surface area contributed by atoms with Crippen molar-refractivity contribution < 1.29 is 0 Å². The zero-order chi connectivity index (χ0) is 16.9. The number of pyridine rings is 1. The van der Waals surface area contributed by atoms with E-state index in [9.17, 15) is 0 Å². The van der Waals surface area contributed by atoms with Crippen molar-refractivity contribution in [2.75, 3.05) is 0 Å². The van der Waals surface area contributed by atoms with Crippen LogP contribution in [0.25, 0.3) is 0 Å². The van der Waals surface area contributed by atoms with Crippen LogP contribution in [0.2, 0.25) is 15.2 Å². The minimum absolute atomic E-state index is 0.0570. The lowest BCUT2D eigenvalue weighted by molar-refractivity contribution is 0.508. The highest BCUT2D eigenvalue weighted by atomic mass is 35.5. The Morgan fingerprint density at radius 2 is 1.61 bits per heavy atom. The third-order valence-electron chi connectivity index (χ3n) is 3.76. The van der Waals surface area contributed by atoms with Crippen LogP contribution in [0.5, 0.6) is 0 Å². The molecule has 0 fully saturated rings. The first-order valence-corrected chi connectivity index (χ1v) is 9.72. The van der Waals surface area contributed by atoms with Crippen LogP contribution >= 0.6 is 46.6 Å². The molecule has 0 radical (unpaired) electrons. The molecule has 0 spiro atoms. The van der Waals surface area contributed by atoms with Gasteiger partial charge >= 0.3 is 0 Å². The van der Waals surface area contributed by atoms with E-state index in [0.29, 0.717) is 10.2 Å². The fourth-order valence-corrected chi connectivity index (χ4v) is 4.74. The lowest BCUT2D eigenvalue weighted by Crippen LogP contribution is -2.22. The van der Waals surface area contributed by atoms with E-state index < -0.39 is 0 Å². The molecule has 5 heteroatoms. The number of thioether (sulfide) groups is 1. The van der Waals surface area contributed by atoms with Crippen LogP contribution in [0.15, 0.2) is 41.4 Å². The molecular weight excluding hydrogens is 369 g/mol. The molecule has 0 aliphatic carbocycles. The zero-order valence-corrected chi connectivity index (χ0v) is 16.4. The summed E-state index contributed by atoms with van der Waals surface area (Å²) in [6.07, 6.45) is 6.13. The summed E-state index contributed by atoms with van der Waals surface area (Å²) in [5, 5.41) is 1.62. The largest absolute Gasteiger partial charge is 0.243 e. The number of hydrogen-bond donors (Lipinski definition) is 0. The van der Waals surface area contributed by atoms with Crippen LogP contribution in [0.4, 0.5) is 0 Å². The average Bonchev–Trinajstić information content (AvgIpc) is 2.52. The number of halogens is 3. The maximum Gasteiger partial charge on any atom is 0.147 e. The van der Waals surface area contributed by atoms with Gasteiger partial charge in [0.15, 0.2) is 0 Å². The predicted octanol–water partition coefficient (Wildman–Crippen LogP) is 7.63. The van der Waals surface area contributed by atoms with Crippen molar-refractivity contribution in [3.8, 4) is 0 Å². The molecule has 0 saturated carbocycles. The van der Waals surface area contributed by atoms with Crippen molar-refractivity contribution in [3.63, 3.8) is 0 Å². The van der Waals surface area contributed by atoms with Crippen LogP contribution in [0.1, 0.15) is 45.1 Å². The molecule has 0 unspecified atom stereocenters. The lowest BCUT2D eigenvalue weighted by atomic mass is 9.90. The van der Waals surface area contributed by atoms with Gasteiger partial charge < -0.3 is 0 Å². The summed E-state index contributed by atoms with van der Waals surface area (Å²) in [6, 6.07) is 9.96. The first-order valence-electron chi connectivity index (χ1n) is 7.77. The van der Waals surface area contributed by atoms with Crippen molar-refractivity contribution in [2.24, 2.45) is 0 Å². The number of hydrogen-bond acceptors (Lipinski definition) is 2. The summed E-state index contributed by atoms with van der Waals surface area (Å²) in [7, 11) is 0. The topological polar surface area (TPSA) is 12.9 Å². The van der Waals surface area contributed by atoms with Gasteiger partial charge in [-0.15, -0.1) is 11.8 Å². The predicted molar refractivity (Wildman–Crippen MR) is 103 cm³/mol. The Labute approximate surface area is 157 Å². The molecule has 1 aromatic carbocycles. The average molecular weight is 389 g/mol. The zero-order valence-electron chi connectivity index (χ0n) is 13.3. The Bertz CT molecular complexity index is 637.